The van der Waals surface area contributed by atoms with Crippen molar-refractivity contribution in [3.63, 3.8) is 0 Å². The first-order valence-electron chi connectivity index (χ1n) is 0.816. The molecule has 0 aromatic heterocycles. The zero-order valence-corrected chi connectivity index (χ0v) is 6.47. The Morgan fingerprint density at radius 1 is 0.833 bits per heavy atom. The molecule has 0 atom stereocenters. The van der Waals surface area contributed by atoms with Gasteiger partial charge in [-0.05, 0) is 0 Å². The van der Waals surface area contributed by atoms with Gasteiger partial charge in [-0.2, -0.15) is 0 Å². The summed E-state index contributed by atoms with van der Waals surface area (Å²) in [6, 6.07) is 0. The molecule has 0 bridgehead atoms. The van der Waals surface area contributed by atoms with Crippen LogP contribution >= 0.6 is 0 Å². The zero-order valence-electron chi connectivity index (χ0n) is 2.54. The minimum atomic E-state index is -5.61. The predicted octanol–water partition coefficient (Wildman–Crippen LogP) is -5.14. The van der Waals surface area contributed by atoms with Crippen LogP contribution in [0.1, 0.15) is 0 Å². The molecule has 6 heteroatoms. The molecule has 0 N–H and O–H groups in total. The third-order valence-corrected chi connectivity index (χ3v) is 0. The van der Waals surface area contributed by atoms with Gasteiger partial charge in [0.1, 0.15) is 0 Å². The molecule has 0 aromatic rings. The van der Waals surface area contributed by atoms with Gasteiger partial charge in [0, 0.05) is 0 Å². The molecule has 0 aliphatic heterocycles. The second-order valence-electron chi connectivity index (χ2n) is 0.500. The molecule has 0 saturated heterocycles. The summed E-state index contributed by atoms with van der Waals surface area (Å²) in [7, 11) is -5.61. The van der Waals surface area contributed by atoms with Crippen molar-refractivity contribution in [1.82, 2.24) is 0 Å². The van der Waals surface area contributed by atoms with E-state index in [9.17, 15) is 0 Å². The van der Waals surface area contributed by atoms with Crippen molar-refractivity contribution >= 4 is 9.05 Å². The molecule has 0 aliphatic carbocycles. The Morgan fingerprint density at radius 3 is 0.833 bits per heavy atom. The molecular weight excluding hydrogens is 276 g/mol. The van der Waals surface area contributed by atoms with E-state index < -0.39 is 9.05 Å². The van der Waals surface area contributed by atoms with Gasteiger partial charge in [0.2, 0.25) is 0 Å². The molecule has 34 valence electrons. The second-order valence-corrected chi connectivity index (χ2v) is 1.50. The van der Waals surface area contributed by atoms with E-state index in [4.69, 9.17) is 19.2 Å². The van der Waals surface area contributed by atoms with E-state index in [-0.39, 0.29) is 21.1 Å². The summed E-state index contributed by atoms with van der Waals surface area (Å²) in [5, 5.41) is 0. The van der Waals surface area contributed by atoms with Crippen LogP contribution in [0.2, 0.25) is 0 Å². The molecule has 0 unspecified atom stereocenters. The van der Waals surface area contributed by atoms with E-state index in [1.54, 1.807) is 0 Å². The number of hydrogen-bond acceptors (Lipinski definition) is 4. The number of hydrogen-bond donors (Lipinski definition) is 0. The molecule has 6 heavy (non-hydrogen) atoms. The van der Waals surface area contributed by atoms with Crippen LogP contribution in [-0.2, 0) is 21.1 Å². The van der Waals surface area contributed by atoms with Crippen molar-refractivity contribution in [3.8, 4) is 0 Å². The van der Waals surface area contributed by atoms with Gasteiger partial charge in [0.25, 0.3) is 0 Å². The molecule has 0 aromatic carbocycles. The summed E-state index contributed by atoms with van der Waals surface area (Å²) in [5.41, 5.74) is 0. The Morgan fingerprint density at radius 2 is 0.833 bits per heavy atom. The largest absolute Gasteiger partial charge is 4.00 e. The van der Waals surface area contributed by atoms with Crippen molar-refractivity contribution in [2.45, 2.75) is 0 Å². The molecule has 0 rings (SSSR count). The topological polar surface area (TPSA) is 92.2 Å². The monoisotopic (exact) mass is 276 g/mol. The van der Waals surface area contributed by atoms with Gasteiger partial charge in [-0.3, -0.25) is 0 Å². The third-order valence-electron chi connectivity index (χ3n) is 0. The molecule has 0 fully saturated rings. The molecule has 0 aliphatic rings. The molecule has 0 amide bonds. The Hall–Kier alpha value is 0.745. The maximum absolute atomic E-state index is 8.58. The second kappa shape index (κ2) is 2.84. The minimum absolute atomic E-state index is 0. The van der Waals surface area contributed by atoms with Gasteiger partial charge >= 0.3 is 21.1 Å². The van der Waals surface area contributed by atoms with Crippen molar-refractivity contribution < 1.29 is 40.2 Å². The maximum Gasteiger partial charge on any atom is 4.00 e. The molecule has 0 saturated carbocycles. The van der Waals surface area contributed by atoms with Crippen molar-refractivity contribution in [2.75, 3.05) is 0 Å². The van der Waals surface area contributed by atoms with E-state index in [1.807, 2.05) is 0 Å². The minimum Gasteiger partial charge on any atom is -0.894 e. The van der Waals surface area contributed by atoms with Gasteiger partial charge in [-0.25, -0.2) is 0 Å². The van der Waals surface area contributed by atoms with Crippen molar-refractivity contribution in [3.05, 3.63) is 0 Å². The molecule has 0 heterocycles. The van der Waals surface area contributed by atoms with Crippen LogP contribution in [0.5, 0.6) is 0 Å². The summed E-state index contributed by atoms with van der Waals surface area (Å²) in [6.45, 7) is 0. The Labute approximate surface area is 49.8 Å². The van der Waals surface area contributed by atoms with E-state index in [2.05, 4.69) is 0 Å². The van der Waals surface area contributed by atoms with Crippen LogP contribution in [0.15, 0.2) is 0 Å². The smallest absolute Gasteiger partial charge is 0.894 e. The molecule has 0 radical (unpaired) electrons. The maximum atomic E-state index is 8.58. The van der Waals surface area contributed by atoms with E-state index in [0.29, 0.717) is 0 Å². The van der Waals surface area contributed by atoms with Crippen LogP contribution in [0, 0.1) is 0 Å². The summed E-state index contributed by atoms with van der Waals surface area (Å²) < 4.78 is 0. The van der Waals surface area contributed by atoms with Crippen LogP contribution in [0.3, 0.4) is 0 Å². The number of rotatable bonds is 0. The Kier molecular flexibility index (Phi) is 4.69. The Bertz CT molecular complexity index is 23.0. The predicted molar refractivity (Wildman–Crippen MR) is 5.75 cm³/mol. The van der Waals surface area contributed by atoms with Crippen LogP contribution < -0.4 is 19.2 Å². The van der Waals surface area contributed by atoms with Gasteiger partial charge in [0.05, 0.1) is 0 Å². The van der Waals surface area contributed by atoms with Gasteiger partial charge in [-0.1, -0.05) is 0 Å². The molecular formula is O4SiW. The average molecular weight is 276 g/mol. The van der Waals surface area contributed by atoms with Gasteiger partial charge in [-0.15, -0.1) is 0 Å². The average Bonchev–Trinajstić information content (AvgIpc) is 0.722. The standard InChI is InChI=1S/O4Si.W/c1-5(2,3)4;/q-4;+4. The van der Waals surface area contributed by atoms with Gasteiger partial charge in [0.15, 0.2) is 0 Å². The van der Waals surface area contributed by atoms with E-state index in [1.165, 1.54) is 0 Å². The van der Waals surface area contributed by atoms with Gasteiger partial charge < -0.3 is 28.2 Å². The van der Waals surface area contributed by atoms with Crippen LogP contribution in [-0.4, -0.2) is 9.05 Å². The van der Waals surface area contributed by atoms with Crippen molar-refractivity contribution in [2.24, 2.45) is 0 Å². The van der Waals surface area contributed by atoms with Crippen LogP contribution in [0.4, 0.5) is 0 Å². The fraction of sp³-hybridized carbons (Fsp3) is 0. The summed E-state index contributed by atoms with van der Waals surface area (Å²) in [6.07, 6.45) is 0. The van der Waals surface area contributed by atoms with E-state index >= 15 is 0 Å². The SMILES string of the molecule is [O-][Si]([O-])([O-])[O-].[W+4]. The fourth-order valence-electron chi connectivity index (χ4n) is 0. The summed E-state index contributed by atoms with van der Waals surface area (Å²) >= 11 is 0. The molecule has 0 spiro atoms. The first-order valence-corrected chi connectivity index (χ1v) is 2.45. The third kappa shape index (κ3) is 120. The summed E-state index contributed by atoms with van der Waals surface area (Å²) in [5.74, 6) is 0. The summed E-state index contributed by atoms with van der Waals surface area (Å²) in [4.78, 5) is 34.3. The first kappa shape index (κ1) is 9.89. The van der Waals surface area contributed by atoms with Crippen LogP contribution in [0.25, 0.3) is 0 Å². The first-order chi connectivity index (χ1) is 2.00. The normalized spacial score (nSPS) is 10.0. The Balaban J connectivity index is 0. The van der Waals surface area contributed by atoms with Crippen molar-refractivity contribution in [1.29, 1.82) is 0 Å². The fourth-order valence-corrected chi connectivity index (χ4v) is 0. The zero-order chi connectivity index (χ0) is 4.50. The molecule has 4 nitrogen and oxygen atoms in total. The quantitative estimate of drug-likeness (QED) is 0.414. The van der Waals surface area contributed by atoms with E-state index in [0.717, 1.165) is 0 Å².